The van der Waals surface area contributed by atoms with E-state index in [1.807, 2.05) is 0 Å². The van der Waals surface area contributed by atoms with Crippen LogP contribution in [0.3, 0.4) is 0 Å². The van der Waals surface area contributed by atoms with Gasteiger partial charge in [-0.1, -0.05) is 23.9 Å². The van der Waals surface area contributed by atoms with Crippen LogP contribution in [0.2, 0.25) is 0 Å². The zero-order valence-electron chi connectivity index (χ0n) is 11.9. The van der Waals surface area contributed by atoms with Crippen LogP contribution in [-0.4, -0.2) is 33.2 Å². The Hall–Kier alpha value is -1.86. The first-order valence-corrected chi connectivity index (χ1v) is 7.42. The average molecular weight is 307 g/mol. The topological polar surface area (TPSA) is 92.5 Å². The van der Waals surface area contributed by atoms with Gasteiger partial charge in [-0.3, -0.25) is 19.3 Å². The monoisotopic (exact) mass is 307 g/mol. The highest BCUT2D eigenvalue weighted by atomic mass is 32.2. The summed E-state index contributed by atoms with van der Waals surface area (Å²) >= 11 is 1.01. The summed E-state index contributed by atoms with van der Waals surface area (Å²) in [5.74, 6) is -0.248. The number of benzene rings is 1. The lowest BCUT2D eigenvalue weighted by Crippen LogP contribution is -2.45. The van der Waals surface area contributed by atoms with Crippen LogP contribution in [-0.2, 0) is 16.1 Å². The van der Waals surface area contributed by atoms with E-state index >= 15 is 0 Å². The summed E-state index contributed by atoms with van der Waals surface area (Å²) in [6.07, 6.45) is 0. The van der Waals surface area contributed by atoms with Gasteiger partial charge in [-0.2, -0.15) is 0 Å². The van der Waals surface area contributed by atoms with E-state index in [4.69, 9.17) is 5.73 Å². The number of carbonyl (C=O) groups is 3. The molecule has 1 aliphatic heterocycles. The van der Waals surface area contributed by atoms with Gasteiger partial charge >= 0.3 is 0 Å². The second kappa shape index (κ2) is 5.87. The Kier molecular flexibility index (Phi) is 4.34. The molecule has 7 heteroatoms. The summed E-state index contributed by atoms with van der Waals surface area (Å²) < 4.78 is 0. The van der Waals surface area contributed by atoms with Crippen molar-refractivity contribution in [3.8, 4) is 0 Å². The van der Waals surface area contributed by atoms with E-state index in [1.54, 1.807) is 38.1 Å². The summed E-state index contributed by atoms with van der Waals surface area (Å²) in [5, 5.41) is 2.48. The molecule has 0 aliphatic carbocycles. The maximum Gasteiger partial charge on any atom is 0.289 e. The number of thioether (sulfide) groups is 1. The minimum absolute atomic E-state index is 0.174. The Morgan fingerprint density at radius 2 is 1.95 bits per heavy atom. The number of carbonyl (C=O) groups excluding carboxylic acids is 3. The maximum absolute atomic E-state index is 11.7. The largest absolute Gasteiger partial charge is 0.325 e. The van der Waals surface area contributed by atoms with Gasteiger partial charge in [0.15, 0.2) is 0 Å². The number of rotatable bonds is 4. The fraction of sp³-hybridized carbons (Fsp3) is 0.357. The predicted octanol–water partition coefficient (Wildman–Crippen LogP) is 1.56. The first kappa shape index (κ1) is 15.5. The highest BCUT2D eigenvalue weighted by molar-refractivity contribution is 8.14. The van der Waals surface area contributed by atoms with Crippen LogP contribution in [0.15, 0.2) is 24.3 Å². The van der Waals surface area contributed by atoms with E-state index < -0.39 is 5.54 Å². The summed E-state index contributed by atoms with van der Waals surface area (Å²) in [5.41, 5.74) is 6.19. The second-order valence-electron chi connectivity index (χ2n) is 5.41. The molecule has 0 unspecified atom stereocenters. The third-order valence-corrected chi connectivity index (χ3v) is 3.84. The number of nitrogens with zero attached hydrogens (tertiary/aromatic N) is 1. The molecule has 21 heavy (non-hydrogen) atoms. The van der Waals surface area contributed by atoms with Crippen molar-refractivity contribution in [2.75, 3.05) is 11.1 Å². The SMILES string of the molecule is CC(C)(N)C(=O)Nc1ccc(CN2C(=O)CSC2=O)cc1. The molecule has 1 aliphatic rings. The molecule has 0 radical (unpaired) electrons. The van der Waals surface area contributed by atoms with Gasteiger partial charge < -0.3 is 11.1 Å². The van der Waals surface area contributed by atoms with Crippen LogP contribution in [0.1, 0.15) is 19.4 Å². The number of nitrogens with one attached hydrogen (secondary N) is 1. The summed E-state index contributed by atoms with van der Waals surface area (Å²) in [4.78, 5) is 36.0. The third-order valence-electron chi connectivity index (χ3n) is 2.98. The lowest BCUT2D eigenvalue weighted by atomic mass is 10.1. The molecule has 0 bridgehead atoms. The van der Waals surface area contributed by atoms with Gasteiger partial charge in [0.2, 0.25) is 11.8 Å². The van der Waals surface area contributed by atoms with Crippen molar-refractivity contribution in [3.63, 3.8) is 0 Å². The van der Waals surface area contributed by atoms with Crippen LogP contribution in [0.25, 0.3) is 0 Å². The van der Waals surface area contributed by atoms with Crippen molar-refractivity contribution in [3.05, 3.63) is 29.8 Å². The van der Waals surface area contributed by atoms with Crippen molar-refractivity contribution in [1.29, 1.82) is 0 Å². The van der Waals surface area contributed by atoms with E-state index in [-0.39, 0.29) is 29.4 Å². The molecule has 0 spiro atoms. The highest BCUT2D eigenvalue weighted by Crippen LogP contribution is 2.22. The van der Waals surface area contributed by atoms with Gasteiger partial charge in [-0.05, 0) is 31.5 Å². The van der Waals surface area contributed by atoms with Crippen molar-refractivity contribution in [2.24, 2.45) is 5.73 Å². The molecular formula is C14H17N3O3S. The minimum Gasteiger partial charge on any atom is -0.325 e. The van der Waals surface area contributed by atoms with Gasteiger partial charge in [0.05, 0.1) is 17.8 Å². The minimum atomic E-state index is -0.954. The number of amides is 3. The van der Waals surface area contributed by atoms with Crippen LogP contribution in [0.5, 0.6) is 0 Å². The number of nitrogens with two attached hydrogens (primary N) is 1. The smallest absolute Gasteiger partial charge is 0.289 e. The van der Waals surface area contributed by atoms with Crippen LogP contribution < -0.4 is 11.1 Å². The molecule has 0 aromatic heterocycles. The Bertz CT molecular complexity index is 562. The lowest BCUT2D eigenvalue weighted by molar-refractivity contribution is -0.125. The van der Waals surface area contributed by atoms with Crippen molar-refractivity contribution < 1.29 is 14.4 Å². The van der Waals surface area contributed by atoms with E-state index in [0.717, 1.165) is 17.3 Å². The molecule has 1 saturated heterocycles. The van der Waals surface area contributed by atoms with E-state index in [2.05, 4.69) is 5.32 Å². The number of hydrogen-bond acceptors (Lipinski definition) is 5. The quantitative estimate of drug-likeness (QED) is 0.880. The van der Waals surface area contributed by atoms with E-state index in [9.17, 15) is 14.4 Å². The van der Waals surface area contributed by atoms with Crippen LogP contribution in [0, 0.1) is 0 Å². The molecule has 0 saturated carbocycles. The number of hydrogen-bond donors (Lipinski definition) is 2. The zero-order chi connectivity index (χ0) is 15.6. The lowest BCUT2D eigenvalue weighted by Gasteiger charge is -2.18. The van der Waals surface area contributed by atoms with Gasteiger partial charge in [-0.15, -0.1) is 0 Å². The van der Waals surface area contributed by atoms with Crippen molar-refractivity contribution >= 4 is 34.5 Å². The van der Waals surface area contributed by atoms with Crippen LogP contribution >= 0.6 is 11.8 Å². The Labute approximate surface area is 127 Å². The fourth-order valence-electron chi connectivity index (χ4n) is 1.70. The van der Waals surface area contributed by atoms with E-state index in [0.29, 0.717) is 5.69 Å². The summed E-state index contributed by atoms with van der Waals surface area (Å²) in [7, 11) is 0. The van der Waals surface area contributed by atoms with E-state index in [1.165, 1.54) is 4.90 Å². The molecular weight excluding hydrogens is 290 g/mol. The Morgan fingerprint density at radius 3 is 2.43 bits per heavy atom. The van der Waals surface area contributed by atoms with Gasteiger partial charge in [0.25, 0.3) is 5.24 Å². The van der Waals surface area contributed by atoms with Gasteiger partial charge in [0, 0.05) is 5.69 Å². The molecule has 2 rings (SSSR count). The standard InChI is InChI=1S/C14H17N3O3S/c1-14(2,15)12(19)16-10-5-3-9(4-6-10)7-17-11(18)8-21-13(17)20/h3-6H,7-8,15H2,1-2H3,(H,16,19). The Morgan fingerprint density at radius 1 is 1.33 bits per heavy atom. The molecule has 3 amide bonds. The number of imide groups is 1. The molecule has 6 nitrogen and oxygen atoms in total. The molecule has 1 aromatic rings. The second-order valence-corrected chi connectivity index (χ2v) is 6.33. The van der Waals surface area contributed by atoms with Gasteiger partial charge in [0.1, 0.15) is 0 Å². The molecule has 3 N–H and O–H groups in total. The third kappa shape index (κ3) is 3.83. The average Bonchev–Trinajstić information content (AvgIpc) is 2.71. The normalized spacial score (nSPS) is 15.5. The Balaban J connectivity index is 2.01. The first-order chi connectivity index (χ1) is 9.77. The maximum atomic E-state index is 11.7. The van der Waals surface area contributed by atoms with Gasteiger partial charge in [-0.25, -0.2) is 0 Å². The zero-order valence-corrected chi connectivity index (χ0v) is 12.7. The van der Waals surface area contributed by atoms with Crippen LogP contribution in [0.4, 0.5) is 10.5 Å². The summed E-state index contributed by atoms with van der Waals surface area (Å²) in [6.45, 7) is 3.50. The fourth-order valence-corrected chi connectivity index (χ4v) is 2.43. The summed E-state index contributed by atoms with van der Waals surface area (Å²) in [6, 6.07) is 6.97. The molecule has 1 fully saturated rings. The molecule has 112 valence electrons. The van der Waals surface area contributed by atoms with Crippen molar-refractivity contribution in [1.82, 2.24) is 4.90 Å². The highest BCUT2D eigenvalue weighted by Gasteiger charge is 2.29. The van der Waals surface area contributed by atoms with Crippen molar-refractivity contribution in [2.45, 2.75) is 25.9 Å². The molecule has 1 aromatic carbocycles. The molecule has 0 atom stereocenters. The first-order valence-electron chi connectivity index (χ1n) is 6.44. The predicted molar refractivity (Wildman–Crippen MR) is 81.7 cm³/mol. The number of anilines is 1. The molecule has 1 heterocycles.